The standard InChI is InChI=1S/C16H22N2OS/c1-4-6-11-18-13(3)12-20-16(18)17-14-9-7-8-10-15(14)19-5-2/h7-10,12H,4-6,11H2,1-3H3. The Balaban J connectivity index is 2.40. The maximum Gasteiger partial charge on any atom is 0.190 e. The molecule has 0 fully saturated rings. The van der Waals surface area contributed by atoms with Crippen molar-refractivity contribution in [2.75, 3.05) is 6.61 Å². The van der Waals surface area contributed by atoms with Crippen molar-refractivity contribution in [1.82, 2.24) is 4.57 Å². The summed E-state index contributed by atoms with van der Waals surface area (Å²) in [4.78, 5) is 5.83. The number of benzene rings is 1. The fraction of sp³-hybridized carbons (Fsp3) is 0.438. The number of aromatic nitrogens is 1. The molecule has 0 unspecified atom stereocenters. The van der Waals surface area contributed by atoms with E-state index in [1.54, 1.807) is 11.3 Å². The van der Waals surface area contributed by atoms with Gasteiger partial charge in [0.2, 0.25) is 0 Å². The fourth-order valence-electron chi connectivity index (χ4n) is 2.02. The van der Waals surface area contributed by atoms with E-state index in [9.17, 15) is 0 Å². The summed E-state index contributed by atoms with van der Waals surface area (Å²) in [5, 5.41) is 2.16. The van der Waals surface area contributed by atoms with Crippen LogP contribution in [0.25, 0.3) is 0 Å². The molecule has 1 aromatic heterocycles. The molecule has 0 bridgehead atoms. The van der Waals surface area contributed by atoms with Crippen LogP contribution < -0.4 is 9.54 Å². The lowest BCUT2D eigenvalue weighted by Gasteiger charge is -2.07. The normalized spacial score (nSPS) is 11.8. The van der Waals surface area contributed by atoms with Crippen LogP contribution in [0.5, 0.6) is 5.75 Å². The Morgan fingerprint density at radius 1 is 1.25 bits per heavy atom. The zero-order chi connectivity index (χ0) is 14.4. The quantitative estimate of drug-likeness (QED) is 0.779. The summed E-state index contributed by atoms with van der Waals surface area (Å²) in [7, 11) is 0. The van der Waals surface area contributed by atoms with Crippen molar-refractivity contribution in [2.24, 2.45) is 4.99 Å². The van der Waals surface area contributed by atoms with Crippen molar-refractivity contribution >= 4 is 17.0 Å². The van der Waals surface area contributed by atoms with Gasteiger partial charge in [-0.25, -0.2) is 4.99 Å². The van der Waals surface area contributed by atoms with Crippen LogP contribution in [-0.4, -0.2) is 11.2 Å². The Morgan fingerprint density at radius 2 is 2.05 bits per heavy atom. The molecule has 0 saturated heterocycles. The van der Waals surface area contributed by atoms with Gasteiger partial charge >= 0.3 is 0 Å². The van der Waals surface area contributed by atoms with E-state index in [1.165, 1.54) is 18.5 Å². The summed E-state index contributed by atoms with van der Waals surface area (Å²) in [5.74, 6) is 0.850. The van der Waals surface area contributed by atoms with Crippen LogP contribution in [0.4, 0.5) is 5.69 Å². The molecule has 1 aromatic carbocycles. The van der Waals surface area contributed by atoms with E-state index in [1.807, 2.05) is 31.2 Å². The van der Waals surface area contributed by atoms with Gasteiger partial charge < -0.3 is 9.30 Å². The summed E-state index contributed by atoms with van der Waals surface area (Å²) < 4.78 is 7.93. The number of thiazole rings is 1. The molecule has 4 heteroatoms. The molecule has 0 N–H and O–H groups in total. The van der Waals surface area contributed by atoms with Gasteiger partial charge in [0.05, 0.1) is 6.61 Å². The number of rotatable bonds is 6. The highest BCUT2D eigenvalue weighted by Crippen LogP contribution is 2.26. The Morgan fingerprint density at radius 3 is 2.80 bits per heavy atom. The molecular formula is C16H22N2OS. The number of ether oxygens (including phenoxy) is 1. The van der Waals surface area contributed by atoms with Crippen molar-refractivity contribution < 1.29 is 4.74 Å². The number of unbranched alkanes of at least 4 members (excludes halogenated alkanes) is 1. The van der Waals surface area contributed by atoms with Gasteiger partial charge in [-0.1, -0.05) is 25.5 Å². The number of aryl methyl sites for hydroxylation is 1. The van der Waals surface area contributed by atoms with Crippen LogP contribution in [-0.2, 0) is 6.54 Å². The minimum atomic E-state index is 0.659. The summed E-state index contributed by atoms with van der Waals surface area (Å²) in [6, 6.07) is 7.95. The second-order valence-corrected chi connectivity index (χ2v) is 5.51. The minimum absolute atomic E-state index is 0.659. The highest BCUT2D eigenvalue weighted by Gasteiger charge is 2.04. The first-order chi connectivity index (χ1) is 9.76. The maximum atomic E-state index is 5.64. The van der Waals surface area contributed by atoms with Crippen LogP contribution >= 0.6 is 11.3 Å². The Labute approximate surface area is 124 Å². The first-order valence-corrected chi connectivity index (χ1v) is 8.05. The maximum absolute atomic E-state index is 5.64. The zero-order valence-corrected chi connectivity index (χ0v) is 13.2. The monoisotopic (exact) mass is 290 g/mol. The molecule has 108 valence electrons. The average Bonchev–Trinajstić information content (AvgIpc) is 2.80. The first-order valence-electron chi connectivity index (χ1n) is 7.17. The van der Waals surface area contributed by atoms with E-state index in [0.29, 0.717) is 6.61 Å². The third-order valence-electron chi connectivity index (χ3n) is 3.11. The van der Waals surface area contributed by atoms with Crippen LogP contribution in [0.1, 0.15) is 32.4 Å². The molecule has 0 aliphatic heterocycles. The van der Waals surface area contributed by atoms with Crippen LogP contribution in [0.3, 0.4) is 0 Å². The Hall–Kier alpha value is -1.55. The van der Waals surface area contributed by atoms with Gasteiger partial charge in [-0.15, -0.1) is 11.3 Å². The van der Waals surface area contributed by atoms with Gasteiger partial charge in [0.15, 0.2) is 4.80 Å². The first kappa shape index (κ1) is 14.9. The van der Waals surface area contributed by atoms with E-state index in [0.717, 1.165) is 22.8 Å². The van der Waals surface area contributed by atoms with Crippen molar-refractivity contribution in [2.45, 2.75) is 40.2 Å². The number of nitrogens with zero attached hydrogens (tertiary/aromatic N) is 2. The molecular weight excluding hydrogens is 268 g/mol. The average molecular weight is 290 g/mol. The number of hydrogen-bond donors (Lipinski definition) is 0. The molecule has 1 heterocycles. The third kappa shape index (κ3) is 3.51. The molecule has 0 aliphatic carbocycles. The molecule has 3 nitrogen and oxygen atoms in total. The zero-order valence-electron chi connectivity index (χ0n) is 12.4. The molecule has 2 aromatic rings. The van der Waals surface area contributed by atoms with E-state index >= 15 is 0 Å². The molecule has 0 saturated carbocycles. The predicted molar refractivity (Wildman–Crippen MR) is 84.8 cm³/mol. The lowest BCUT2D eigenvalue weighted by atomic mass is 10.3. The summed E-state index contributed by atoms with van der Waals surface area (Å²) in [5.41, 5.74) is 2.18. The molecule has 0 amide bonds. The summed E-state index contributed by atoms with van der Waals surface area (Å²) >= 11 is 1.69. The Bertz CT molecular complexity index is 613. The van der Waals surface area contributed by atoms with Gasteiger partial charge in [0, 0.05) is 17.6 Å². The van der Waals surface area contributed by atoms with Crippen LogP contribution in [0.15, 0.2) is 34.6 Å². The fourth-order valence-corrected chi connectivity index (χ4v) is 2.94. The lowest BCUT2D eigenvalue weighted by molar-refractivity contribution is 0.341. The van der Waals surface area contributed by atoms with Gasteiger partial charge in [-0.05, 0) is 32.4 Å². The number of para-hydroxylation sites is 2. The van der Waals surface area contributed by atoms with Gasteiger partial charge in [0.1, 0.15) is 11.4 Å². The molecule has 2 rings (SSSR count). The van der Waals surface area contributed by atoms with Crippen LogP contribution in [0.2, 0.25) is 0 Å². The third-order valence-corrected chi connectivity index (χ3v) is 4.09. The van der Waals surface area contributed by atoms with E-state index < -0.39 is 0 Å². The lowest BCUT2D eigenvalue weighted by Crippen LogP contribution is -2.16. The van der Waals surface area contributed by atoms with Crippen molar-refractivity contribution in [1.29, 1.82) is 0 Å². The van der Waals surface area contributed by atoms with Crippen LogP contribution in [0, 0.1) is 6.92 Å². The molecule has 20 heavy (non-hydrogen) atoms. The van der Waals surface area contributed by atoms with E-state index in [4.69, 9.17) is 9.73 Å². The highest BCUT2D eigenvalue weighted by molar-refractivity contribution is 7.07. The molecule has 0 radical (unpaired) electrons. The van der Waals surface area contributed by atoms with Crippen molar-refractivity contribution in [3.63, 3.8) is 0 Å². The van der Waals surface area contributed by atoms with Gasteiger partial charge in [0.25, 0.3) is 0 Å². The van der Waals surface area contributed by atoms with E-state index in [2.05, 4.69) is 23.8 Å². The minimum Gasteiger partial charge on any atom is -0.492 e. The largest absolute Gasteiger partial charge is 0.492 e. The Kier molecular flexibility index (Phi) is 5.41. The molecule has 0 aliphatic rings. The smallest absolute Gasteiger partial charge is 0.190 e. The number of hydrogen-bond acceptors (Lipinski definition) is 3. The summed E-state index contributed by atoms with van der Waals surface area (Å²) in [6.07, 6.45) is 2.37. The van der Waals surface area contributed by atoms with Gasteiger partial charge in [-0.3, -0.25) is 0 Å². The van der Waals surface area contributed by atoms with Crippen molar-refractivity contribution in [3.8, 4) is 5.75 Å². The highest BCUT2D eigenvalue weighted by atomic mass is 32.1. The second-order valence-electron chi connectivity index (χ2n) is 4.68. The van der Waals surface area contributed by atoms with Gasteiger partial charge in [-0.2, -0.15) is 0 Å². The topological polar surface area (TPSA) is 26.5 Å². The van der Waals surface area contributed by atoms with Crippen molar-refractivity contribution in [3.05, 3.63) is 40.1 Å². The second kappa shape index (κ2) is 7.29. The van der Waals surface area contributed by atoms with E-state index in [-0.39, 0.29) is 0 Å². The predicted octanol–water partition coefficient (Wildman–Crippen LogP) is 4.29. The molecule has 0 atom stereocenters. The summed E-state index contributed by atoms with van der Waals surface area (Å²) in [6.45, 7) is 8.03. The SMILES string of the molecule is CCCCn1c(C)csc1=Nc1ccccc1OCC. The molecule has 0 spiro atoms.